The van der Waals surface area contributed by atoms with Crippen LogP contribution in [0.4, 0.5) is 22.0 Å². The van der Waals surface area contributed by atoms with E-state index in [1.165, 1.54) is 43.6 Å². The molecule has 0 fully saturated rings. The standard InChI is InChI=1S/C26H26F5N3O/c1-16(32-2)25(18-6-9-20(27)10-7-18)34-22(19-8-12-23(35-3)21(28)14-19)11-4-17-5-13-24(33-15-17)26(29,30)31/h5-10,12-15,22,25,32,34H,1,4,11H2,2-3H3. The SMILES string of the molecule is C=C(NC)C(NC(CCc1ccc(C(F)(F)F)nc1)c1ccc(OC)c(F)c1)c1ccc(F)cc1. The van der Waals surface area contributed by atoms with Crippen molar-refractivity contribution < 1.29 is 26.7 Å². The first kappa shape index (κ1) is 26.2. The number of aromatic nitrogens is 1. The Morgan fingerprint density at radius 3 is 2.26 bits per heavy atom. The van der Waals surface area contributed by atoms with Gasteiger partial charge in [0.05, 0.1) is 13.2 Å². The highest BCUT2D eigenvalue weighted by molar-refractivity contribution is 5.33. The van der Waals surface area contributed by atoms with Gasteiger partial charge in [-0.2, -0.15) is 13.2 Å². The van der Waals surface area contributed by atoms with Gasteiger partial charge in [0.25, 0.3) is 0 Å². The van der Waals surface area contributed by atoms with E-state index in [1.807, 2.05) is 0 Å². The maximum Gasteiger partial charge on any atom is 0.433 e. The van der Waals surface area contributed by atoms with Gasteiger partial charge in [0.2, 0.25) is 0 Å². The fourth-order valence-electron chi connectivity index (χ4n) is 3.70. The Balaban J connectivity index is 1.90. The monoisotopic (exact) mass is 491 g/mol. The topological polar surface area (TPSA) is 46.2 Å². The summed E-state index contributed by atoms with van der Waals surface area (Å²) in [7, 11) is 3.07. The number of aryl methyl sites for hydroxylation is 1. The molecule has 35 heavy (non-hydrogen) atoms. The lowest BCUT2D eigenvalue weighted by Gasteiger charge is -2.28. The molecule has 0 saturated carbocycles. The highest BCUT2D eigenvalue weighted by atomic mass is 19.4. The summed E-state index contributed by atoms with van der Waals surface area (Å²) in [6.07, 6.45) is -2.54. The molecule has 0 spiro atoms. The molecule has 0 bridgehead atoms. The van der Waals surface area contributed by atoms with E-state index >= 15 is 0 Å². The Labute approximate surface area is 200 Å². The highest BCUT2D eigenvalue weighted by Crippen LogP contribution is 2.31. The lowest BCUT2D eigenvalue weighted by molar-refractivity contribution is -0.141. The predicted octanol–water partition coefficient (Wildman–Crippen LogP) is 6.13. The van der Waals surface area contributed by atoms with Crippen LogP contribution in [-0.2, 0) is 12.6 Å². The number of hydrogen-bond acceptors (Lipinski definition) is 4. The number of ether oxygens (including phenoxy) is 1. The van der Waals surface area contributed by atoms with Gasteiger partial charge in [-0.15, -0.1) is 0 Å². The Morgan fingerprint density at radius 1 is 1.03 bits per heavy atom. The van der Waals surface area contributed by atoms with Crippen LogP contribution in [0.1, 0.15) is 40.9 Å². The van der Waals surface area contributed by atoms with Gasteiger partial charge in [0.15, 0.2) is 11.6 Å². The van der Waals surface area contributed by atoms with Gasteiger partial charge >= 0.3 is 6.18 Å². The first-order chi connectivity index (χ1) is 16.6. The number of likely N-dealkylation sites (N-methyl/N-ethyl adjacent to an activating group) is 1. The molecule has 2 aromatic carbocycles. The van der Waals surface area contributed by atoms with Crippen LogP contribution in [0.2, 0.25) is 0 Å². The van der Waals surface area contributed by atoms with Gasteiger partial charge in [-0.05, 0) is 59.9 Å². The summed E-state index contributed by atoms with van der Waals surface area (Å²) >= 11 is 0. The van der Waals surface area contributed by atoms with E-state index in [-0.39, 0.29) is 11.6 Å². The normalized spacial score (nSPS) is 13.2. The van der Waals surface area contributed by atoms with Gasteiger partial charge in [-0.3, -0.25) is 10.3 Å². The van der Waals surface area contributed by atoms with E-state index in [0.717, 1.165) is 11.6 Å². The predicted molar refractivity (Wildman–Crippen MR) is 124 cm³/mol. The second kappa shape index (κ2) is 11.3. The molecule has 2 N–H and O–H groups in total. The average Bonchev–Trinajstić information content (AvgIpc) is 2.84. The summed E-state index contributed by atoms with van der Waals surface area (Å²) in [5.41, 5.74) is 1.59. The van der Waals surface area contributed by atoms with Gasteiger partial charge < -0.3 is 10.1 Å². The molecule has 0 aliphatic carbocycles. The van der Waals surface area contributed by atoms with Crippen LogP contribution < -0.4 is 15.4 Å². The molecule has 2 atom stereocenters. The molecular weight excluding hydrogens is 465 g/mol. The van der Waals surface area contributed by atoms with Crippen molar-refractivity contribution in [3.05, 3.63) is 107 Å². The molecule has 3 rings (SSSR count). The maximum absolute atomic E-state index is 14.5. The van der Waals surface area contributed by atoms with E-state index in [0.29, 0.717) is 29.7 Å². The minimum Gasteiger partial charge on any atom is -0.494 e. The minimum absolute atomic E-state index is 0.0918. The van der Waals surface area contributed by atoms with Crippen LogP contribution in [0.15, 0.2) is 73.1 Å². The molecule has 0 saturated heterocycles. The molecule has 4 nitrogen and oxygen atoms in total. The van der Waals surface area contributed by atoms with Crippen LogP contribution in [0.5, 0.6) is 5.75 Å². The number of hydrogen-bond donors (Lipinski definition) is 2. The number of benzene rings is 2. The van der Waals surface area contributed by atoms with Crippen LogP contribution >= 0.6 is 0 Å². The Bertz CT molecular complexity index is 1130. The van der Waals surface area contributed by atoms with Crippen molar-refractivity contribution in [2.45, 2.75) is 31.1 Å². The molecule has 0 radical (unpaired) electrons. The first-order valence-electron chi connectivity index (χ1n) is 10.9. The lowest BCUT2D eigenvalue weighted by Crippen LogP contribution is -2.31. The van der Waals surface area contributed by atoms with E-state index in [9.17, 15) is 22.0 Å². The van der Waals surface area contributed by atoms with Crippen molar-refractivity contribution in [2.75, 3.05) is 14.2 Å². The van der Waals surface area contributed by atoms with Crippen LogP contribution in [0.3, 0.4) is 0 Å². The number of nitrogens with one attached hydrogen (secondary N) is 2. The smallest absolute Gasteiger partial charge is 0.433 e. The average molecular weight is 492 g/mol. The van der Waals surface area contributed by atoms with Gasteiger partial charge in [0, 0.05) is 25.0 Å². The molecule has 0 aliphatic heterocycles. The summed E-state index contributed by atoms with van der Waals surface area (Å²) in [6.45, 7) is 4.04. The second-order valence-corrected chi connectivity index (χ2v) is 7.96. The van der Waals surface area contributed by atoms with Crippen molar-refractivity contribution >= 4 is 0 Å². The molecule has 2 unspecified atom stereocenters. The van der Waals surface area contributed by atoms with Crippen molar-refractivity contribution in [2.24, 2.45) is 0 Å². The quantitative estimate of drug-likeness (QED) is 0.335. The number of pyridine rings is 1. The van der Waals surface area contributed by atoms with Crippen LogP contribution in [-0.4, -0.2) is 19.1 Å². The van der Waals surface area contributed by atoms with E-state index < -0.39 is 29.8 Å². The molecule has 9 heteroatoms. The fraction of sp³-hybridized carbons (Fsp3) is 0.269. The van der Waals surface area contributed by atoms with Crippen molar-refractivity contribution in [3.63, 3.8) is 0 Å². The van der Waals surface area contributed by atoms with Gasteiger partial charge in [-0.25, -0.2) is 8.78 Å². The third-order valence-corrected chi connectivity index (χ3v) is 5.66. The largest absolute Gasteiger partial charge is 0.494 e. The highest BCUT2D eigenvalue weighted by Gasteiger charge is 2.32. The van der Waals surface area contributed by atoms with Crippen molar-refractivity contribution in [3.8, 4) is 5.75 Å². The van der Waals surface area contributed by atoms with Crippen LogP contribution in [0.25, 0.3) is 0 Å². The third-order valence-electron chi connectivity index (χ3n) is 5.66. The lowest BCUT2D eigenvalue weighted by atomic mass is 9.95. The number of rotatable bonds is 10. The molecule has 1 heterocycles. The number of methoxy groups -OCH3 is 1. The zero-order valence-electron chi connectivity index (χ0n) is 19.3. The Morgan fingerprint density at radius 2 is 1.71 bits per heavy atom. The summed E-state index contributed by atoms with van der Waals surface area (Å²) in [6, 6.07) is 11.9. The van der Waals surface area contributed by atoms with Crippen molar-refractivity contribution in [1.29, 1.82) is 0 Å². The van der Waals surface area contributed by atoms with Crippen molar-refractivity contribution in [1.82, 2.24) is 15.6 Å². The fourth-order valence-corrected chi connectivity index (χ4v) is 3.70. The summed E-state index contributed by atoms with van der Waals surface area (Å²) in [4.78, 5) is 3.51. The van der Waals surface area contributed by atoms with Crippen LogP contribution in [0, 0.1) is 11.6 Å². The Hall–Kier alpha value is -3.46. The number of halogens is 5. The van der Waals surface area contributed by atoms with E-state index in [2.05, 4.69) is 22.2 Å². The second-order valence-electron chi connectivity index (χ2n) is 7.96. The molecule has 3 aromatic rings. The summed E-state index contributed by atoms with van der Waals surface area (Å²) < 4.78 is 71.5. The molecule has 1 aromatic heterocycles. The minimum atomic E-state index is -4.51. The molecule has 186 valence electrons. The molecular formula is C26H26F5N3O. The Kier molecular flexibility index (Phi) is 8.45. The molecule has 0 amide bonds. The summed E-state index contributed by atoms with van der Waals surface area (Å²) in [5.74, 6) is -0.834. The zero-order chi connectivity index (χ0) is 25.6. The van der Waals surface area contributed by atoms with Gasteiger partial charge in [-0.1, -0.05) is 30.8 Å². The van der Waals surface area contributed by atoms with E-state index in [1.54, 1.807) is 25.2 Å². The zero-order valence-corrected chi connectivity index (χ0v) is 19.3. The summed E-state index contributed by atoms with van der Waals surface area (Å²) in [5, 5.41) is 6.43. The number of nitrogens with zero attached hydrogens (tertiary/aromatic N) is 1. The molecule has 0 aliphatic rings. The first-order valence-corrected chi connectivity index (χ1v) is 10.9. The van der Waals surface area contributed by atoms with E-state index in [4.69, 9.17) is 4.74 Å². The third kappa shape index (κ3) is 6.79. The maximum atomic E-state index is 14.5. The van der Waals surface area contributed by atoms with Gasteiger partial charge in [0.1, 0.15) is 11.5 Å². The number of alkyl halides is 3.